The molecule has 2 rings (SSSR count). The predicted octanol–water partition coefficient (Wildman–Crippen LogP) is 4.51. The summed E-state index contributed by atoms with van der Waals surface area (Å²) >= 11 is 9.39. The lowest BCUT2D eigenvalue weighted by atomic mass is 10.2. The highest BCUT2D eigenvalue weighted by atomic mass is 79.9. The van der Waals surface area contributed by atoms with Crippen LogP contribution in [-0.2, 0) is 16.4 Å². The third-order valence-corrected chi connectivity index (χ3v) is 6.09. The van der Waals surface area contributed by atoms with Gasteiger partial charge >= 0.3 is 0 Å². The summed E-state index contributed by atoms with van der Waals surface area (Å²) in [6.07, 6.45) is 0. The second kappa shape index (κ2) is 6.81. The molecule has 1 N–H and O–H groups in total. The van der Waals surface area contributed by atoms with Crippen molar-refractivity contribution < 1.29 is 8.42 Å². The van der Waals surface area contributed by atoms with Crippen LogP contribution in [0.25, 0.3) is 0 Å². The Balaban J connectivity index is 2.23. The molecule has 2 aromatic rings. The number of anilines is 1. The molecule has 0 heterocycles. The molecule has 0 unspecified atom stereocenters. The van der Waals surface area contributed by atoms with E-state index in [0.717, 1.165) is 10.0 Å². The average Bonchev–Trinajstić information content (AvgIpc) is 2.49. The molecular formula is C15H15BrClNO2S. The number of para-hydroxylation sites is 1. The van der Waals surface area contributed by atoms with Crippen LogP contribution in [0.15, 0.2) is 51.8 Å². The second-order valence-corrected chi connectivity index (χ2v) is 8.01. The Labute approximate surface area is 138 Å². The fourth-order valence-electron chi connectivity index (χ4n) is 1.89. The molecule has 6 heteroatoms. The molecule has 0 aromatic heterocycles. The van der Waals surface area contributed by atoms with Crippen LogP contribution in [0.3, 0.4) is 0 Å². The van der Waals surface area contributed by atoms with Crippen LogP contribution in [0.1, 0.15) is 12.5 Å². The van der Waals surface area contributed by atoms with E-state index in [-0.39, 0.29) is 5.75 Å². The first kappa shape index (κ1) is 16.3. The van der Waals surface area contributed by atoms with Gasteiger partial charge in [0, 0.05) is 11.0 Å². The van der Waals surface area contributed by atoms with Crippen LogP contribution < -0.4 is 5.32 Å². The van der Waals surface area contributed by atoms with Gasteiger partial charge < -0.3 is 5.32 Å². The molecule has 0 radical (unpaired) electrons. The Morgan fingerprint density at radius 2 is 1.90 bits per heavy atom. The number of halogens is 2. The van der Waals surface area contributed by atoms with Gasteiger partial charge in [0.2, 0.25) is 0 Å². The van der Waals surface area contributed by atoms with Crippen molar-refractivity contribution >= 4 is 43.1 Å². The van der Waals surface area contributed by atoms with E-state index >= 15 is 0 Å². The third-order valence-electron chi connectivity index (χ3n) is 3.07. The Bertz CT molecular complexity index is 747. The monoisotopic (exact) mass is 387 g/mol. The summed E-state index contributed by atoms with van der Waals surface area (Å²) in [5.74, 6) is 0.0792. The zero-order valence-corrected chi connectivity index (χ0v) is 14.6. The fourth-order valence-corrected chi connectivity index (χ4v) is 3.41. The van der Waals surface area contributed by atoms with Crippen LogP contribution in [0.2, 0.25) is 5.02 Å². The molecule has 0 saturated heterocycles. The number of nitrogens with one attached hydrogen (secondary N) is 1. The highest BCUT2D eigenvalue weighted by molar-refractivity contribution is 9.10. The van der Waals surface area contributed by atoms with E-state index in [4.69, 9.17) is 11.6 Å². The van der Waals surface area contributed by atoms with Gasteiger partial charge in [-0.1, -0.05) is 36.7 Å². The van der Waals surface area contributed by atoms with Gasteiger partial charge in [0.25, 0.3) is 0 Å². The topological polar surface area (TPSA) is 46.2 Å². The summed E-state index contributed by atoms with van der Waals surface area (Å²) < 4.78 is 25.0. The molecule has 0 spiro atoms. The largest absolute Gasteiger partial charge is 0.380 e. The van der Waals surface area contributed by atoms with Crippen LogP contribution in [0.5, 0.6) is 0 Å². The van der Waals surface area contributed by atoms with Crippen LogP contribution >= 0.6 is 27.5 Å². The minimum Gasteiger partial charge on any atom is -0.380 e. The number of rotatable bonds is 5. The van der Waals surface area contributed by atoms with Crippen molar-refractivity contribution in [3.05, 3.63) is 57.5 Å². The number of hydrogen-bond donors (Lipinski definition) is 1. The van der Waals surface area contributed by atoms with E-state index < -0.39 is 9.84 Å². The van der Waals surface area contributed by atoms with E-state index in [1.165, 1.54) is 0 Å². The lowest BCUT2D eigenvalue weighted by Crippen LogP contribution is -2.09. The molecule has 0 amide bonds. The van der Waals surface area contributed by atoms with Gasteiger partial charge in [-0.3, -0.25) is 0 Å². The lowest BCUT2D eigenvalue weighted by molar-refractivity contribution is 0.597. The molecule has 21 heavy (non-hydrogen) atoms. The van der Waals surface area contributed by atoms with Gasteiger partial charge in [-0.25, -0.2) is 8.42 Å². The Morgan fingerprint density at radius 3 is 2.57 bits per heavy atom. The Kier molecular flexibility index (Phi) is 5.30. The van der Waals surface area contributed by atoms with E-state index in [9.17, 15) is 8.42 Å². The van der Waals surface area contributed by atoms with Crippen LogP contribution in [-0.4, -0.2) is 14.2 Å². The minimum atomic E-state index is -3.24. The number of sulfone groups is 1. The number of hydrogen-bond acceptors (Lipinski definition) is 3. The van der Waals surface area contributed by atoms with E-state index in [1.54, 1.807) is 25.1 Å². The molecule has 0 fully saturated rings. The summed E-state index contributed by atoms with van der Waals surface area (Å²) in [7, 11) is -3.24. The molecular weight excluding hydrogens is 374 g/mol. The molecule has 0 aliphatic rings. The normalized spacial score (nSPS) is 11.4. The minimum absolute atomic E-state index is 0.0792. The molecule has 0 atom stereocenters. The first-order valence-corrected chi connectivity index (χ1v) is 9.26. The second-order valence-electron chi connectivity index (χ2n) is 4.50. The smallest absolute Gasteiger partial charge is 0.180 e. The van der Waals surface area contributed by atoms with Crippen LogP contribution in [0.4, 0.5) is 5.69 Å². The summed E-state index contributed by atoms with van der Waals surface area (Å²) in [5, 5.41) is 3.79. The zero-order chi connectivity index (χ0) is 15.5. The average molecular weight is 389 g/mol. The first-order chi connectivity index (χ1) is 9.94. The highest BCUT2D eigenvalue weighted by Crippen LogP contribution is 2.25. The van der Waals surface area contributed by atoms with Gasteiger partial charge in [0.15, 0.2) is 9.84 Å². The molecule has 0 aliphatic heterocycles. The molecule has 0 aliphatic carbocycles. The van der Waals surface area contributed by atoms with Crippen molar-refractivity contribution in [2.24, 2.45) is 0 Å². The van der Waals surface area contributed by atoms with E-state index in [1.807, 2.05) is 24.3 Å². The van der Waals surface area contributed by atoms with Crippen molar-refractivity contribution in [2.45, 2.75) is 18.4 Å². The maximum atomic E-state index is 12.1. The van der Waals surface area contributed by atoms with Gasteiger partial charge in [-0.2, -0.15) is 0 Å². The Hall–Kier alpha value is -1.04. The fraction of sp³-hybridized carbons (Fsp3) is 0.200. The maximum absolute atomic E-state index is 12.1. The van der Waals surface area contributed by atoms with Gasteiger partial charge in [0.1, 0.15) is 0 Å². The molecule has 3 nitrogen and oxygen atoms in total. The van der Waals surface area contributed by atoms with Crippen molar-refractivity contribution in [1.29, 1.82) is 0 Å². The van der Waals surface area contributed by atoms with Gasteiger partial charge in [0.05, 0.1) is 21.4 Å². The van der Waals surface area contributed by atoms with Crippen molar-refractivity contribution in [3.8, 4) is 0 Å². The van der Waals surface area contributed by atoms with Crippen molar-refractivity contribution in [3.63, 3.8) is 0 Å². The Morgan fingerprint density at radius 1 is 1.19 bits per heavy atom. The maximum Gasteiger partial charge on any atom is 0.180 e. The summed E-state index contributed by atoms with van der Waals surface area (Å²) in [6, 6.07) is 12.6. The molecule has 0 bridgehead atoms. The summed E-state index contributed by atoms with van der Waals surface area (Å²) in [5.41, 5.74) is 1.59. The predicted molar refractivity (Wildman–Crippen MR) is 90.6 cm³/mol. The third kappa shape index (κ3) is 3.99. The summed E-state index contributed by atoms with van der Waals surface area (Å²) in [4.78, 5) is 0.329. The van der Waals surface area contributed by atoms with E-state index in [2.05, 4.69) is 21.2 Å². The molecule has 2 aromatic carbocycles. The SMILES string of the molecule is CCS(=O)(=O)c1ccccc1NCc1ccc(Br)c(Cl)c1. The van der Waals surface area contributed by atoms with Crippen molar-refractivity contribution in [1.82, 2.24) is 0 Å². The zero-order valence-electron chi connectivity index (χ0n) is 11.4. The number of benzene rings is 2. The van der Waals surface area contributed by atoms with Gasteiger partial charge in [-0.15, -0.1) is 0 Å². The standard InChI is InChI=1S/C15H15BrClNO2S/c1-2-21(19,20)15-6-4-3-5-14(15)18-10-11-7-8-12(16)13(17)9-11/h3-9,18H,2,10H2,1H3. The quantitative estimate of drug-likeness (QED) is 0.820. The first-order valence-electron chi connectivity index (χ1n) is 6.43. The van der Waals surface area contributed by atoms with Crippen molar-refractivity contribution in [2.75, 3.05) is 11.1 Å². The van der Waals surface area contributed by atoms with Gasteiger partial charge in [-0.05, 0) is 45.8 Å². The van der Waals surface area contributed by atoms with Crippen LogP contribution in [0, 0.1) is 0 Å². The molecule has 112 valence electrons. The van der Waals surface area contributed by atoms with E-state index in [0.29, 0.717) is 22.2 Å². The highest BCUT2D eigenvalue weighted by Gasteiger charge is 2.15. The molecule has 0 saturated carbocycles. The summed E-state index contributed by atoms with van der Waals surface area (Å²) in [6.45, 7) is 2.14. The lowest BCUT2D eigenvalue weighted by Gasteiger charge is -2.12.